The van der Waals surface area contributed by atoms with Gasteiger partial charge in [0.05, 0.1) is 0 Å². The summed E-state index contributed by atoms with van der Waals surface area (Å²) in [7, 11) is -82.5. The molecule has 0 aromatic rings. The van der Waals surface area contributed by atoms with Gasteiger partial charge in [0.25, 0.3) is 0 Å². The summed E-state index contributed by atoms with van der Waals surface area (Å²) in [5.74, 6) is 0. The molecule has 0 unspecified atom stereocenters. The third-order valence-corrected chi connectivity index (χ3v) is 40.5. The average molecular weight is 1290 g/mol. The first-order chi connectivity index (χ1) is 18.7. The van der Waals surface area contributed by atoms with Gasteiger partial charge in [-0.25, -0.2) is 0 Å². The molecule has 240 valence electrons. The minimum atomic E-state index is -6.88. The van der Waals surface area contributed by atoms with E-state index >= 15 is 0 Å². The molecule has 0 atom stereocenters. The first-order valence-corrected chi connectivity index (χ1v) is 29.4. The molecule has 0 aromatic carbocycles. The Balaban J connectivity index is -0.000000480. The summed E-state index contributed by atoms with van der Waals surface area (Å²) in [5.41, 5.74) is 0. The van der Waals surface area contributed by atoms with Crippen LogP contribution in [0.2, 0.25) is 0 Å². The Morgan fingerprint density at radius 2 is 0.167 bits per heavy atom. The molecular formula is K12O30Si12. The fraction of sp³-hybridized carbons (Fsp3) is 0. The summed E-state index contributed by atoms with van der Waals surface area (Å²) in [6.45, 7) is 0. The van der Waals surface area contributed by atoms with Crippen LogP contribution < -0.4 is 674 Å². The van der Waals surface area contributed by atoms with Gasteiger partial charge in [-0.3, -0.25) is 0 Å². The second-order valence-electron chi connectivity index (χ2n) is 7.84. The number of hydrogen-bond acceptors (Lipinski definition) is 30. The van der Waals surface area contributed by atoms with Gasteiger partial charge in [-0.05, 0) is 0 Å². The molecule has 0 aliphatic carbocycles. The SMILES string of the molecule is [K+].[K+].[K+].[K+].[K+].[K+].[K+].[K+].[K+].[K+].[K+].[K+].[O-][Si]12O[Si]3([O-])O[Si]4([O-])O[Si]([O-])(O1)O[Si]1([O-])O[Si]([O-])(O4)O[Si]4([O-])O[Si]([O-])(O1)O[Si]1([O-])O[Si]([O-])(O[Si]([O-])(O[Si]([O-])(O2)O1)O3)O4. The van der Waals surface area contributed by atoms with Crippen molar-refractivity contribution in [3.05, 3.63) is 0 Å². The third-order valence-electron chi connectivity index (χ3n) is 4.50. The van der Waals surface area contributed by atoms with E-state index < -0.39 is 109 Å². The summed E-state index contributed by atoms with van der Waals surface area (Å²) in [4.78, 5) is 161. The Labute approximate surface area is 826 Å². The van der Waals surface area contributed by atoms with Gasteiger partial charge in [-0.2, -0.15) is 0 Å². The fourth-order valence-corrected chi connectivity index (χ4v) is 45.1. The van der Waals surface area contributed by atoms with Crippen LogP contribution in [0.25, 0.3) is 0 Å². The van der Waals surface area contributed by atoms with E-state index in [0.29, 0.717) is 0 Å². The molecule has 6 saturated heterocycles. The Morgan fingerprint density at radius 1 is 0.130 bits per heavy atom. The van der Waals surface area contributed by atoms with Crippen LogP contribution >= 0.6 is 0 Å². The standard InChI is InChI=1S/12K.O30Si12/c;;;;;;;;;;;;1-31-13-32(2)21-35(5)14-33(3,19-31)23-37(7)16-39(9,25-35)29-42(12)18-41(11,27-37)28-38(8)17-40(10,30-42)26-36(6,22-32)15-34(4,20-31)24-38/q12*+1;-12. The minimum absolute atomic E-state index is 0. The quantitative estimate of drug-likeness (QED) is 0.203. The van der Waals surface area contributed by atoms with Crippen LogP contribution in [0.15, 0.2) is 0 Å². The summed E-state index contributed by atoms with van der Waals surface area (Å²) in [5, 5.41) is 0. The smallest absolute Gasteiger partial charge is 0.795 e. The second kappa shape index (κ2) is 32.0. The molecule has 0 N–H and O–H groups in total. The van der Waals surface area contributed by atoms with Gasteiger partial charge in [0.2, 0.25) is 0 Å². The predicted octanol–water partition coefficient (Wildman–Crippen LogP) is -56.0. The van der Waals surface area contributed by atoms with Gasteiger partial charge in [-0.15, -0.1) is 0 Å². The maximum atomic E-state index is 13.4. The van der Waals surface area contributed by atoms with Crippen LogP contribution in [-0.4, -0.2) is 109 Å². The Kier molecular flexibility index (Phi) is 51.2. The molecule has 6 aliphatic heterocycles. The van der Waals surface area contributed by atoms with Crippen LogP contribution in [0.3, 0.4) is 0 Å². The van der Waals surface area contributed by atoms with E-state index in [0.717, 1.165) is 0 Å². The van der Waals surface area contributed by atoms with Gasteiger partial charge in [0.1, 0.15) is 0 Å². The van der Waals surface area contributed by atoms with Gasteiger partial charge in [-0.1, -0.05) is 0 Å². The van der Waals surface area contributed by atoms with Crippen molar-refractivity contribution >= 4 is 109 Å². The van der Waals surface area contributed by atoms with Gasteiger partial charge in [0.15, 0.2) is 0 Å². The summed E-state index contributed by atoms with van der Waals surface area (Å²) < 4.78 is 77.3. The molecule has 6 fully saturated rings. The van der Waals surface area contributed by atoms with Crippen LogP contribution in [0.4, 0.5) is 0 Å². The molecule has 12 bridgehead atoms. The predicted molar refractivity (Wildman–Crippen MR) is 88.6 cm³/mol. The molecule has 0 amide bonds. The van der Waals surface area contributed by atoms with E-state index in [1.165, 1.54) is 0 Å². The average Bonchev–Trinajstić information content (AvgIpc) is 2.53. The molecule has 54 heavy (non-hydrogen) atoms. The molecular weight excluding hydrogens is 1290 g/mol. The summed E-state index contributed by atoms with van der Waals surface area (Å²) >= 11 is 0. The summed E-state index contributed by atoms with van der Waals surface area (Å²) in [6.07, 6.45) is 0. The molecule has 54 heteroatoms. The fourth-order valence-electron chi connectivity index (χ4n) is 3.51. The first kappa shape index (κ1) is 86.3. The minimum Gasteiger partial charge on any atom is -0.795 e. The van der Waals surface area contributed by atoms with Crippen molar-refractivity contribution in [3.8, 4) is 0 Å². The topological polar surface area (TPSA) is 443 Å². The zero-order valence-electron chi connectivity index (χ0n) is 30.2. The number of hydrogen-bond donors (Lipinski definition) is 0. The number of fused-ring (bicyclic) bond motifs is 12. The van der Waals surface area contributed by atoms with E-state index in [2.05, 4.69) is 74.1 Å². The third kappa shape index (κ3) is 22.8. The van der Waals surface area contributed by atoms with Crippen molar-refractivity contribution in [2.45, 2.75) is 0 Å². The van der Waals surface area contributed by atoms with Crippen LogP contribution in [0.1, 0.15) is 0 Å². The Hall–Kier alpha value is 21.0. The molecule has 30 nitrogen and oxygen atoms in total. The summed E-state index contributed by atoms with van der Waals surface area (Å²) in [6, 6.07) is 0. The van der Waals surface area contributed by atoms with Crippen LogP contribution in [-0.2, 0) is 74.1 Å². The van der Waals surface area contributed by atoms with Gasteiger partial charge < -0.3 is 132 Å². The van der Waals surface area contributed by atoms with E-state index in [9.17, 15) is 57.5 Å². The normalized spacial score (nSPS) is 51.3. The van der Waals surface area contributed by atoms with E-state index in [-0.39, 0.29) is 617 Å². The maximum absolute atomic E-state index is 13.4. The van der Waals surface area contributed by atoms with Gasteiger partial charge >= 0.3 is 725 Å². The molecule has 0 saturated carbocycles. The molecule has 6 heterocycles. The van der Waals surface area contributed by atoms with Crippen LogP contribution in [0, 0.1) is 0 Å². The molecule has 6 rings (SSSR count). The first-order valence-electron chi connectivity index (χ1n) is 9.80. The van der Waals surface area contributed by atoms with Crippen molar-refractivity contribution in [2.75, 3.05) is 0 Å². The van der Waals surface area contributed by atoms with Crippen molar-refractivity contribution in [3.63, 3.8) is 0 Å². The molecule has 0 spiro atoms. The molecule has 0 aromatic heterocycles. The van der Waals surface area contributed by atoms with Crippen LogP contribution in [0.5, 0.6) is 0 Å². The van der Waals surface area contributed by atoms with E-state index in [1.54, 1.807) is 0 Å². The Bertz CT molecular complexity index is 881. The zero-order valence-corrected chi connectivity index (χ0v) is 79.7. The van der Waals surface area contributed by atoms with Crippen molar-refractivity contribution in [1.29, 1.82) is 0 Å². The second-order valence-corrected chi connectivity index (χ2v) is 34.5. The monoisotopic (exact) mass is 1280 g/mol. The van der Waals surface area contributed by atoms with Gasteiger partial charge in [0, 0.05) is 0 Å². The van der Waals surface area contributed by atoms with Crippen molar-refractivity contribution in [2.24, 2.45) is 0 Å². The largest absolute Gasteiger partial charge is 1.00 e. The van der Waals surface area contributed by atoms with E-state index in [1.807, 2.05) is 0 Å². The maximum Gasteiger partial charge on any atom is 1.00 e. The molecule has 0 radical (unpaired) electrons. The van der Waals surface area contributed by atoms with Crippen molar-refractivity contribution < 1.29 is 748 Å². The van der Waals surface area contributed by atoms with E-state index in [4.69, 9.17) is 0 Å². The van der Waals surface area contributed by atoms with Crippen molar-refractivity contribution in [1.82, 2.24) is 0 Å². The zero-order chi connectivity index (χ0) is 30.7. The Morgan fingerprint density at radius 3 is 0.204 bits per heavy atom. The number of rotatable bonds is 0. The molecule has 6 aliphatic rings.